The minimum absolute atomic E-state index is 0.0391. The maximum Gasteiger partial charge on any atom is 0.313 e. The summed E-state index contributed by atoms with van der Waals surface area (Å²) in [6.07, 6.45) is 3.88. The number of ether oxygens (including phenoxy) is 1. The molecule has 3 aromatic rings. The summed E-state index contributed by atoms with van der Waals surface area (Å²) in [4.78, 5) is 25.7. The van der Waals surface area contributed by atoms with Crippen LogP contribution in [0.1, 0.15) is 34.9 Å². The number of aryl methyl sites for hydroxylation is 1. The van der Waals surface area contributed by atoms with E-state index in [-0.39, 0.29) is 28.4 Å². The lowest BCUT2D eigenvalue weighted by molar-refractivity contribution is -0.385. The van der Waals surface area contributed by atoms with Crippen LogP contribution in [0.2, 0.25) is 5.02 Å². The second kappa shape index (κ2) is 8.20. The fourth-order valence-electron chi connectivity index (χ4n) is 3.82. The molecule has 1 aromatic heterocycles. The number of nitro groups is 1. The van der Waals surface area contributed by atoms with E-state index in [0.29, 0.717) is 17.9 Å². The molecule has 2 aromatic carbocycles. The highest BCUT2D eigenvalue weighted by Gasteiger charge is 2.31. The number of amides is 1. The van der Waals surface area contributed by atoms with Crippen molar-refractivity contribution in [2.45, 2.75) is 18.9 Å². The number of rotatable bonds is 5. The van der Waals surface area contributed by atoms with Gasteiger partial charge < -0.3 is 14.2 Å². The number of likely N-dealkylation sites (tertiary alicyclic amines) is 1. The summed E-state index contributed by atoms with van der Waals surface area (Å²) >= 11 is 5.84. The molecule has 0 spiro atoms. The lowest BCUT2D eigenvalue weighted by Gasteiger charge is -2.25. The molecular formula is C22H20ClN3O4. The van der Waals surface area contributed by atoms with Crippen molar-refractivity contribution < 1.29 is 14.5 Å². The van der Waals surface area contributed by atoms with Crippen LogP contribution in [0.5, 0.6) is 11.5 Å². The number of hydrogen-bond donors (Lipinski definition) is 0. The molecule has 30 heavy (non-hydrogen) atoms. The molecule has 1 amide bonds. The molecule has 0 radical (unpaired) electrons. The molecule has 1 aliphatic heterocycles. The summed E-state index contributed by atoms with van der Waals surface area (Å²) in [7, 11) is 1.98. The summed E-state index contributed by atoms with van der Waals surface area (Å²) in [5.74, 6) is 0.451. The lowest BCUT2D eigenvalue weighted by Crippen LogP contribution is -2.31. The average Bonchev–Trinajstić information content (AvgIpc) is 3.37. The van der Waals surface area contributed by atoms with Gasteiger partial charge in [0.1, 0.15) is 5.75 Å². The second-order valence-electron chi connectivity index (χ2n) is 7.20. The first-order chi connectivity index (χ1) is 14.4. The van der Waals surface area contributed by atoms with E-state index in [2.05, 4.69) is 0 Å². The first kappa shape index (κ1) is 20.0. The van der Waals surface area contributed by atoms with Crippen molar-refractivity contribution in [3.63, 3.8) is 0 Å². The van der Waals surface area contributed by atoms with Gasteiger partial charge in [-0.3, -0.25) is 14.9 Å². The van der Waals surface area contributed by atoms with Crippen molar-refractivity contribution in [3.8, 4) is 11.5 Å². The standard InChI is InChI=1S/C22H20ClN3O4/c1-24-12-2-4-18(24)19-5-3-13-25(19)22(27)15-6-9-17(10-7-15)30-21-11-8-16(23)14-20(21)26(28)29/h2,4,6-12,14,19H,3,5,13H2,1H3. The molecule has 7 nitrogen and oxygen atoms in total. The zero-order valence-electron chi connectivity index (χ0n) is 16.3. The highest BCUT2D eigenvalue weighted by atomic mass is 35.5. The lowest BCUT2D eigenvalue weighted by atomic mass is 10.1. The minimum Gasteiger partial charge on any atom is -0.450 e. The summed E-state index contributed by atoms with van der Waals surface area (Å²) in [5, 5.41) is 11.5. The SMILES string of the molecule is Cn1cccc1C1CCCN1C(=O)c1ccc(Oc2ccc(Cl)cc2[N+](=O)[O-])cc1. The number of hydrogen-bond acceptors (Lipinski definition) is 4. The van der Waals surface area contributed by atoms with Crippen molar-refractivity contribution >= 4 is 23.2 Å². The van der Waals surface area contributed by atoms with Gasteiger partial charge in [0.25, 0.3) is 5.91 Å². The molecule has 1 unspecified atom stereocenters. The Balaban J connectivity index is 1.52. The highest BCUT2D eigenvalue weighted by molar-refractivity contribution is 6.30. The fraction of sp³-hybridized carbons (Fsp3) is 0.227. The molecule has 0 saturated carbocycles. The molecule has 154 valence electrons. The first-order valence-electron chi connectivity index (χ1n) is 9.58. The summed E-state index contributed by atoms with van der Waals surface area (Å²) in [6.45, 7) is 0.712. The van der Waals surface area contributed by atoms with E-state index in [0.717, 1.165) is 18.5 Å². The summed E-state index contributed by atoms with van der Waals surface area (Å²) in [5.41, 5.74) is 1.45. The third-order valence-electron chi connectivity index (χ3n) is 5.29. The van der Waals surface area contributed by atoms with Crippen molar-refractivity contribution in [1.82, 2.24) is 9.47 Å². The third kappa shape index (κ3) is 3.89. The number of carbonyl (C=O) groups excluding carboxylic acids is 1. The van der Waals surface area contributed by atoms with Crippen LogP contribution in [-0.2, 0) is 7.05 Å². The van der Waals surface area contributed by atoms with Crippen molar-refractivity contribution in [3.05, 3.63) is 87.2 Å². The normalized spacial score (nSPS) is 15.9. The maximum absolute atomic E-state index is 13.1. The Hall–Kier alpha value is -3.32. The molecular weight excluding hydrogens is 406 g/mol. The maximum atomic E-state index is 13.1. The summed E-state index contributed by atoms with van der Waals surface area (Å²) < 4.78 is 7.70. The number of halogens is 1. The van der Waals surface area contributed by atoms with Gasteiger partial charge in [-0.05, 0) is 61.4 Å². The number of carbonyl (C=O) groups is 1. The molecule has 1 saturated heterocycles. The molecule has 1 fully saturated rings. The van der Waals surface area contributed by atoms with Gasteiger partial charge in [-0.2, -0.15) is 0 Å². The largest absolute Gasteiger partial charge is 0.450 e. The predicted molar refractivity (Wildman–Crippen MR) is 113 cm³/mol. The van der Waals surface area contributed by atoms with E-state index in [1.54, 1.807) is 24.3 Å². The van der Waals surface area contributed by atoms with E-state index >= 15 is 0 Å². The Bertz CT molecular complexity index is 1090. The number of benzene rings is 2. The van der Waals surface area contributed by atoms with Gasteiger partial charge in [0, 0.05) is 42.1 Å². The van der Waals surface area contributed by atoms with E-state index in [4.69, 9.17) is 16.3 Å². The molecule has 1 atom stereocenters. The van der Waals surface area contributed by atoms with Crippen LogP contribution in [0.3, 0.4) is 0 Å². The van der Waals surface area contributed by atoms with Crippen molar-refractivity contribution in [2.75, 3.05) is 6.54 Å². The molecule has 4 rings (SSSR count). The van der Waals surface area contributed by atoms with Crippen molar-refractivity contribution in [2.24, 2.45) is 7.05 Å². The fourth-order valence-corrected chi connectivity index (χ4v) is 3.98. The van der Waals surface area contributed by atoms with Gasteiger partial charge in [-0.25, -0.2) is 0 Å². The summed E-state index contributed by atoms with van der Waals surface area (Å²) in [6, 6.07) is 15.0. The molecule has 2 heterocycles. The minimum atomic E-state index is -0.545. The average molecular weight is 426 g/mol. The van der Waals surface area contributed by atoms with Crippen LogP contribution in [-0.4, -0.2) is 26.8 Å². The monoisotopic (exact) mass is 425 g/mol. The van der Waals surface area contributed by atoms with Gasteiger partial charge in [-0.15, -0.1) is 0 Å². The van der Waals surface area contributed by atoms with Crippen molar-refractivity contribution in [1.29, 1.82) is 0 Å². The highest BCUT2D eigenvalue weighted by Crippen LogP contribution is 2.35. The number of nitro benzene ring substituents is 1. The van der Waals surface area contributed by atoms with Crippen LogP contribution in [0, 0.1) is 10.1 Å². The van der Waals surface area contributed by atoms with Gasteiger partial charge in [0.05, 0.1) is 11.0 Å². The topological polar surface area (TPSA) is 77.6 Å². The van der Waals surface area contributed by atoms with Crippen LogP contribution in [0.4, 0.5) is 5.69 Å². The number of aromatic nitrogens is 1. The van der Waals surface area contributed by atoms with Gasteiger partial charge >= 0.3 is 5.69 Å². The number of nitrogens with zero attached hydrogens (tertiary/aromatic N) is 3. The van der Waals surface area contributed by atoms with Crippen LogP contribution < -0.4 is 4.74 Å². The molecule has 0 N–H and O–H groups in total. The quantitative estimate of drug-likeness (QED) is 0.407. The molecule has 8 heteroatoms. The van der Waals surface area contributed by atoms with Gasteiger partial charge in [0.15, 0.2) is 0 Å². The Morgan fingerprint density at radius 3 is 2.63 bits per heavy atom. The predicted octanol–water partition coefficient (Wildman–Crippen LogP) is 5.36. The molecule has 0 aliphatic carbocycles. The molecule has 0 bridgehead atoms. The smallest absolute Gasteiger partial charge is 0.313 e. The zero-order valence-corrected chi connectivity index (χ0v) is 17.1. The van der Waals surface area contributed by atoms with E-state index < -0.39 is 4.92 Å². The Labute approximate surface area is 178 Å². The van der Waals surface area contributed by atoms with Gasteiger partial charge in [-0.1, -0.05) is 11.6 Å². The Morgan fingerprint density at radius 1 is 1.20 bits per heavy atom. The van der Waals surface area contributed by atoms with E-state index in [1.165, 1.54) is 18.2 Å². The second-order valence-corrected chi connectivity index (χ2v) is 7.63. The Morgan fingerprint density at radius 2 is 1.97 bits per heavy atom. The van der Waals surface area contributed by atoms with Crippen LogP contribution in [0.15, 0.2) is 60.8 Å². The zero-order chi connectivity index (χ0) is 21.3. The van der Waals surface area contributed by atoms with Crippen LogP contribution in [0.25, 0.3) is 0 Å². The van der Waals surface area contributed by atoms with E-state index in [9.17, 15) is 14.9 Å². The van der Waals surface area contributed by atoms with E-state index in [1.807, 2.05) is 34.8 Å². The first-order valence-corrected chi connectivity index (χ1v) is 9.96. The third-order valence-corrected chi connectivity index (χ3v) is 5.52. The van der Waals surface area contributed by atoms with Gasteiger partial charge in [0.2, 0.25) is 5.75 Å². The molecule has 1 aliphatic rings. The van der Waals surface area contributed by atoms with Crippen LogP contribution >= 0.6 is 11.6 Å². The Kier molecular flexibility index (Phi) is 5.46.